The van der Waals surface area contributed by atoms with Crippen molar-refractivity contribution in [3.05, 3.63) is 0 Å². The highest BCUT2D eigenvalue weighted by Gasteiger charge is 2.14. The van der Waals surface area contributed by atoms with Gasteiger partial charge in [0.1, 0.15) is 0 Å². The Morgan fingerprint density at radius 2 is 1.59 bits per heavy atom. The van der Waals surface area contributed by atoms with Crippen molar-refractivity contribution in [3.63, 3.8) is 0 Å². The van der Waals surface area contributed by atoms with Crippen LogP contribution in [-0.4, -0.2) is 24.1 Å². The van der Waals surface area contributed by atoms with Crippen LogP contribution in [0, 0.1) is 10.8 Å². The molecule has 0 atom stereocenters. The van der Waals surface area contributed by atoms with E-state index in [1.807, 2.05) is 11.8 Å². The lowest BCUT2D eigenvalue weighted by atomic mass is 9.99. The molecule has 0 aromatic heterocycles. The Hall–Kier alpha value is -0.180. The molecule has 0 N–H and O–H groups in total. The summed E-state index contributed by atoms with van der Waals surface area (Å²) in [6, 6.07) is 0. The van der Waals surface area contributed by atoms with E-state index >= 15 is 0 Å². The van der Waals surface area contributed by atoms with Crippen molar-refractivity contribution < 1.29 is 9.53 Å². The topological polar surface area (TPSA) is 26.3 Å². The van der Waals surface area contributed by atoms with Crippen LogP contribution in [0.1, 0.15) is 55.4 Å². The van der Waals surface area contributed by atoms with Gasteiger partial charge in [0.2, 0.25) is 0 Å². The molecule has 0 aromatic rings. The van der Waals surface area contributed by atoms with E-state index in [4.69, 9.17) is 4.74 Å². The molecular weight excluding hydrogens is 232 g/mol. The van der Waals surface area contributed by atoms with E-state index in [1.54, 1.807) is 0 Å². The molecule has 0 radical (unpaired) electrons. The summed E-state index contributed by atoms with van der Waals surface area (Å²) >= 11 is 1.82. The number of hydrogen-bond donors (Lipinski definition) is 0. The number of ether oxygens (including phenoxy) is 1. The van der Waals surface area contributed by atoms with Crippen LogP contribution in [-0.2, 0) is 9.53 Å². The maximum Gasteiger partial charge on any atom is 0.306 e. The summed E-state index contributed by atoms with van der Waals surface area (Å²) in [6.45, 7) is 13.3. The Kier molecular flexibility index (Phi) is 9.04. The van der Waals surface area contributed by atoms with Crippen molar-refractivity contribution in [2.24, 2.45) is 10.8 Å². The number of carbonyl (C=O) groups is 1. The summed E-state index contributed by atoms with van der Waals surface area (Å²) in [5, 5.41) is 0. The molecule has 0 aliphatic carbocycles. The Morgan fingerprint density at radius 3 is 2.00 bits per heavy atom. The van der Waals surface area contributed by atoms with E-state index in [-0.39, 0.29) is 18.8 Å². The SMILES string of the molecule is C.CC(C)(C)COC(=O)CCSCC(C)(C)C. The number of hydrogen-bond acceptors (Lipinski definition) is 3. The molecule has 0 fully saturated rings. The predicted molar refractivity (Wildman–Crippen MR) is 78.5 cm³/mol. The molecule has 0 aliphatic heterocycles. The first-order valence-electron chi connectivity index (χ1n) is 5.83. The molecule has 0 aliphatic rings. The maximum absolute atomic E-state index is 11.4. The van der Waals surface area contributed by atoms with E-state index in [0.717, 1.165) is 11.5 Å². The zero-order valence-corrected chi connectivity index (χ0v) is 12.4. The summed E-state index contributed by atoms with van der Waals surface area (Å²) < 4.78 is 5.19. The molecule has 0 aromatic carbocycles. The molecular formula is C14H30O2S. The van der Waals surface area contributed by atoms with Crippen LogP contribution in [0.5, 0.6) is 0 Å². The smallest absolute Gasteiger partial charge is 0.306 e. The predicted octanol–water partition coefficient (Wildman–Crippen LogP) is 4.38. The van der Waals surface area contributed by atoms with Gasteiger partial charge < -0.3 is 4.74 Å². The summed E-state index contributed by atoms with van der Waals surface area (Å²) in [4.78, 5) is 11.4. The summed E-state index contributed by atoms with van der Waals surface area (Å²) in [5.41, 5.74) is 0.397. The number of carbonyl (C=O) groups excluding carboxylic acids is 1. The average Bonchev–Trinajstić information content (AvgIpc) is 2.06. The second-order valence-corrected chi connectivity index (χ2v) is 7.69. The normalized spacial score (nSPS) is 11.9. The van der Waals surface area contributed by atoms with Gasteiger partial charge in [-0.15, -0.1) is 0 Å². The Labute approximate surface area is 112 Å². The molecule has 0 spiro atoms. The molecule has 0 unspecified atom stereocenters. The van der Waals surface area contributed by atoms with Crippen LogP contribution in [0.3, 0.4) is 0 Å². The fourth-order valence-electron chi connectivity index (χ4n) is 0.903. The highest BCUT2D eigenvalue weighted by Crippen LogP contribution is 2.21. The molecule has 0 saturated carbocycles. The number of thioether (sulfide) groups is 1. The lowest BCUT2D eigenvalue weighted by molar-refractivity contribution is -0.145. The van der Waals surface area contributed by atoms with E-state index in [2.05, 4.69) is 41.5 Å². The van der Waals surface area contributed by atoms with E-state index in [0.29, 0.717) is 18.4 Å². The fraction of sp³-hybridized carbons (Fsp3) is 0.929. The van der Waals surface area contributed by atoms with Crippen LogP contribution in [0.15, 0.2) is 0 Å². The van der Waals surface area contributed by atoms with Crippen molar-refractivity contribution >= 4 is 17.7 Å². The van der Waals surface area contributed by atoms with Crippen LogP contribution in [0.25, 0.3) is 0 Å². The van der Waals surface area contributed by atoms with Crippen molar-refractivity contribution in [2.45, 2.75) is 55.4 Å². The van der Waals surface area contributed by atoms with Gasteiger partial charge in [-0.3, -0.25) is 4.79 Å². The highest BCUT2D eigenvalue weighted by atomic mass is 32.2. The first-order valence-corrected chi connectivity index (χ1v) is 6.99. The third-order valence-electron chi connectivity index (χ3n) is 1.65. The average molecular weight is 262 g/mol. The first-order chi connectivity index (χ1) is 7.10. The zero-order chi connectivity index (χ0) is 12.8. The monoisotopic (exact) mass is 262 g/mol. The Balaban J connectivity index is 0. The molecule has 0 saturated heterocycles. The summed E-state index contributed by atoms with van der Waals surface area (Å²) in [6.07, 6.45) is 0.525. The maximum atomic E-state index is 11.4. The number of esters is 1. The lowest BCUT2D eigenvalue weighted by Gasteiger charge is -2.18. The zero-order valence-electron chi connectivity index (χ0n) is 11.6. The van der Waals surface area contributed by atoms with Gasteiger partial charge in [-0.25, -0.2) is 0 Å². The van der Waals surface area contributed by atoms with Crippen LogP contribution >= 0.6 is 11.8 Å². The Morgan fingerprint density at radius 1 is 1.06 bits per heavy atom. The molecule has 17 heavy (non-hydrogen) atoms. The largest absolute Gasteiger partial charge is 0.465 e. The summed E-state index contributed by atoms with van der Waals surface area (Å²) in [5.74, 6) is 1.87. The van der Waals surface area contributed by atoms with Crippen molar-refractivity contribution in [1.82, 2.24) is 0 Å². The molecule has 0 amide bonds. The third kappa shape index (κ3) is 15.8. The lowest BCUT2D eigenvalue weighted by Crippen LogP contribution is -2.18. The minimum absolute atomic E-state index is 0. The van der Waals surface area contributed by atoms with Gasteiger partial charge in [0, 0.05) is 5.75 Å². The molecule has 0 bridgehead atoms. The molecule has 0 rings (SSSR count). The second kappa shape index (κ2) is 8.02. The summed E-state index contributed by atoms with van der Waals surface area (Å²) in [7, 11) is 0. The fourth-order valence-corrected chi connectivity index (χ4v) is 1.97. The van der Waals surface area contributed by atoms with Crippen molar-refractivity contribution in [1.29, 1.82) is 0 Å². The Bertz CT molecular complexity index is 211. The third-order valence-corrected chi connectivity index (χ3v) is 3.21. The van der Waals surface area contributed by atoms with E-state index in [9.17, 15) is 4.79 Å². The van der Waals surface area contributed by atoms with Gasteiger partial charge >= 0.3 is 5.97 Å². The molecule has 0 heterocycles. The van der Waals surface area contributed by atoms with Gasteiger partial charge in [-0.1, -0.05) is 49.0 Å². The quantitative estimate of drug-likeness (QED) is 0.543. The molecule has 104 valence electrons. The number of rotatable bonds is 5. The van der Waals surface area contributed by atoms with Crippen molar-refractivity contribution in [2.75, 3.05) is 18.1 Å². The second-order valence-electron chi connectivity index (χ2n) is 6.58. The van der Waals surface area contributed by atoms with Crippen LogP contribution in [0.2, 0.25) is 0 Å². The van der Waals surface area contributed by atoms with Gasteiger partial charge in [-0.05, 0) is 16.6 Å². The van der Waals surface area contributed by atoms with Gasteiger partial charge in [0.15, 0.2) is 0 Å². The van der Waals surface area contributed by atoms with Crippen LogP contribution in [0.4, 0.5) is 0 Å². The minimum Gasteiger partial charge on any atom is -0.465 e. The van der Waals surface area contributed by atoms with E-state index in [1.165, 1.54) is 0 Å². The van der Waals surface area contributed by atoms with Gasteiger partial charge in [-0.2, -0.15) is 11.8 Å². The molecule has 2 nitrogen and oxygen atoms in total. The first kappa shape index (κ1) is 19.2. The molecule has 3 heteroatoms. The van der Waals surface area contributed by atoms with Crippen molar-refractivity contribution in [3.8, 4) is 0 Å². The van der Waals surface area contributed by atoms with Crippen LogP contribution < -0.4 is 0 Å². The van der Waals surface area contributed by atoms with E-state index < -0.39 is 0 Å². The van der Waals surface area contributed by atoms with Gasteiger partial charge in [0.05, 0.1) is 13.0 Å². The standard InChI is InChI=1S/C13H26O2S.CH4/c1-12(2,3)9-15-11(14)7-8-16-10-13(4,5)6;/h7-10H2,1-6H3;1H4. The highest BCUT2D eigenvalue weighted by molar-refractivity contribution is 7.99. The minimum atomic E-state index is -0.0728. The van der Waals surface area contributed by atoms with Gasteiger partial charge in [0.25, 0.3) is 0 Å².